The molecule has 0 amide bonds. The smallest absolute Gasteiger partial charge is 0.194 e. The van der Waals surface area contributed by atoms with E-state index in [-0.39, 0.29) is 36.2 Å². The molecule has 0 bridgehead atoms. The lowest BCUT2D eigenvalue weighted by molar-refractivity contribution is -0.0817. The molecule has 6 nitrogen and oxygen atoms in total. The summed E-state index contributed by atoms with van der Waals surface area (Å²) in [5.41, 5.74) is 2.41. The SMILES string of the molecule is CCNC(=NCCc1ccc(C)c(OC)c1)N1CCOC(C2CCCO2)C1.I. The summed E-state index contributed by atoms with van der Waals surface area (Å²) >= 11 is 0. The molecule has 2 fully saturated rings. The van der Waals surface area contributed by atoms with Gasteiger partial charge in [-0.2, -0.15) is 0 Å². The highest BCUT2D eigenvalue weighted by atomic mass is 127. The van der Waals surface area contributed by atoms with Crippen molar-refractivity contribution in [3.63, 3.8) is 0 Å². The van der Waals surface area contributed by atoms with Crippen molar-refractivity contribution in [2.24, 2.45) is 4.99 Å². The third-order valence-corrected chi connectivity index (χ3v) is 5.24. The van der Waals surface area contributed by atoms with Crippen molar-refractivity contribution >= 4 is 29.9 Å². The van der Waals surface area contributed by atoms with Gasteiger partial charge in [-0.05, 0) is 50.3 Å². The van der Waals surface area contributed by atoms with Gasteiger partial charge in [0.15, 0.2) is 5.96 Å². The fraction of sp³-hybridized carbons (Fsp3) is 0.667. The number of hydrogen-bond donors (Lipinski definition) is 1. The Bertz CT molecular complexity index is 635. The zero-order valence-corrected chi connectivity index (χ0v) is 19.6. The number of morpholine rings is 1. The molecule has 2 aliphatic rings. The Balaban J connectivity index is 0.00000280. The van der Waals surface area contributed by atoms with Gasteiger partial charge >= 0.3 is 0 Å². The molecule has 0 saturated carbocycles. The first-order valence-corrected chi connectivity index (χ1v) is 10.1. The maximum absolute atomic E-state index is 5.97. The fourth-order valence-electron chi connectivity index (χ4n) is 3.73. The Labute approximate surface area is 186 Å². The van der Waals surface area contributed by atoms with Crippen LogP contribution >= 0.6 is 24.0 Å². The number of rotatable bonds is 6. The predicted molar refractivity (Wildman–Crippen MR) is 123 cm³/mol. The predicted octanol–water partition coefficient (Wildman–Crippen LogP) is 3.01. The van der Waals surface area contributed by atoms with Gasteiger partial charge in [0.05, 0.1) is 19.8 Å². The van der Waals surface area contributed by atoms with E-state index < -0.39 is 0 Å². The number of halogens is 1. The number of guanidine groups is 1. The van der Waals surface area contributed by atoms with Gasteiger partial charge in [-0.3, -0.25) is 4.99 Å². The van der Waals surface area contributed by atoms with Gasteiger partial charge in [0, 0.05) is 32.8 Å². The van der Waals surface area contributed by atoms with Crippen LogP contribution in [0.1, 0.15) is 30.9 Å². The molecule has 0 spiro atoms. The Morgan fingerprint density at radius 2 is 2.11 bits per heavy atom. The van der Waals surface area contributed by atoms with Crippen molar-refractivity contribution in [1.29, 1.82) is 0 Å². The van der Waals surface area contributed by atoms with E-state index in [9.17, 15) is 0 Å². The molecule has 0 radical (unpaired) electrons. The van der Waals surface area contributed by atoms with Gasteiger partial charge in [-0.25, -0.2) is 0 Å². The molecule has 0 aliphatic carbocycles. The highest BCUT2D eigenvalue weighted by Crippen LogP contribution is 2.21. The van der Waals surface area contributed by atoms with E-state index in [1.54, 1.807) is 7.11 Å². The summed E-state index contributed by atoms with van der Waals surface area (Å²) in [4.78, 5) is 7.18. The third-order valence-electron chi connectivity index (χ3n) is 5.24. The van der Waals surface area contributed by atoms with Crippen LogP contribution in [0.2, 0.25) is 0 Å². The lowest BCUT2D eigenvalue weighted by Gasteiger charge is -2.37. The number of benzene rings is 1. The van der Waals surface area contributed by atoms with Crippen molar-refractivity contribution in [3.05, 3.63) is 29.3 Å². The van der Waals surface area contributed by atoms with Gasteiger partial charge in [0.25, 0.3) is 0 Å². The lowest BCUT2D eigenvalue weighted by Crippen LogP contribution is -2.53. The standard InChI is InChI=1S/C21H33N3O3.HI/c1-4-22-21(23-10-9-17-8-7-16(2)19(14-17)25-3)24-11-13-27-20(15-24)18-6-5-12-26-18;/h7-8,14,18,20H,4-6,9-13,15H2,1-3H3,(H,22,23);1H. The maximum Gasteiger partial charge on any atom is 0.194 e. The molecule has 1 N–H and O–H groups in total. The average Bonchev–Trinajstić information content (AvgIpc) is 3.23. The minimum atomic E-state index is 0. The van der Waals surface area contributed by atoms with Crippen molar-refractivity contribution in [1.82, 2.24) is 10.2 Å². The molecule has 7 heteroatoms. The molecule has 2 heterocycles. The summed E-state index contributed by atoms with van der Waals surface area (Å²) in [5, 5.41) is 3.44. The molecular weight excluding hydrogens is 469 g/mol. The van der Waals surface area contributed by atoms with Crippen molar-refractivity contribution < 1.29 is 14.2 Å². The summed E-state index contributed by atoms with van der Waals surface area (Å²) in [7, 11) is 1.72. The van der Waals surface area contributed by atoms with Gasteiger partial charge in [0.2, 0.25) is 0 Å². The third kappa shape index (κ3) is 6.22. The zero-order chi connectivity index (χ0) is 19.1. The summed E-state index contributed by atoms with van der Waals surface area (Å²) in [6.45, 7) is 9.08. The number of aliphatic imine (C=N–C) groups is 1. The van der Waals surface area contributed by atoms with E-state index in [1.807, 2.05) is 0 Å². The van der Waals surface area contributed by atoms with Crippen molar-refractivity contribution in [2.75, 3.05) is 46.5 Å². The van der Waals surface area contributed by atoms with Crippen LogP contribution in [0, 0.1) is 6.92 Å². The van der Waals surface area contributed by atoms with Gasteiger partial charge in [0.1, 0.15) is 11.9 Å². The topological polar surface area (TPSA) is 55.3 Å². The molecule has 2 atom stereocenters. The van der Waals surface area contributed by atoms with Crippen LogP contribution in [-0.4, -0.2) is 69.6 Å². The molecule has 158 valence electrons. The van der Waals surface area contributed by atoms with Gasteiger partial charge < -0.3 is 24.4 Å². The maximum atomic E-state index is 5.97. The van der Waals surface area contributed by atoms with E-state index in [4.69, 9.17) is 19.2 Å². The first-order chi connectivity index (χ1) is 13.2. The summed E-state index contributed by atoms with van der Waals surface area (Å²) in [6, 6.07) is 6.37. The Kier molecular flexibility index (Phi) is 9.81. The number of aryl methyl sites for hydroxylation is 1. The Morgan fingerprint density at radius 3 is 2.82 bits per heavy atom. The van der Waals surface area contributed by atoms with Crippen LogP contribution < -0.4 is 10.1 Å². The Morgan fingerprint density at radius 1 is 1.29 bits per heavy atom. The van der Waals surface area contributed by atoms with E-state index >= 15 is 0 Å². The average molecular weight is 503 g/mol. The number of methoxy groups -OCH3 is 1. The van der Waals surface area contributed by atoms with Gasteiger partial charge in [-0.15, -0.1) is 24.0 Å². The molecule has 2 saturated heterocycles. The van der Waals surface area contributed by atoms with Crippen LogP contribution in [0.25, 0.3) is 0 Å². The van der Waals surface area contributed by atoms with Crippen LogP contribution in [0.3, 0.4) is 0 Å². The van der Waals surface area contributed by atoms with E-state index in [1.165, 1.54) is 5.56 Å². The summed E-state index contributed by atoms with van der Waals surface area (Å²) in [5.74, 6) is 1.92. The summed E-state index contributed by atoms with van der Waals surface area (Å²) < 4.78 is 17.2. The normalized spacial score (nSPS) is 22.7. The molecule has 0 aromatic heterocycles. The molecule has 28 heavy (non-hydrogen) atoms. The van der Waals surface area contributed by atoms with Crippen LogP contribution in [-0.2, 0) is 15.9 Å². The van der Waals surface area contributed by atoms with E-state index in [2.05, 4.69) is 42.3 Å². The highest BCUT2D eigenvalue weighted by Gasteiger charge is 2.32. The molecule has 2 aliphatic heterocycles. The zero-order valence-electron chi connectivity index (χ0n) is 17.3. The first-order valence-electron chi connectivity index (χ1n) is 10.1. The minimum Gasteiger partial charge on any atom is -0.496 e. The molecular formula is C21H34IN3O3. The summed E-state index contributed by atoms with van der Waals surface area (Å²) in [6.07, 6.45) is 3.51. The van der Waals surface area contributed by atoms with E-state index in [0.717, 1.165) is 75.9 Å². The second-order valence-corrected chi connectivity index (χ2v) is 7.20. The molecule has 1 aromatic carbocycles. The quantitative estimate of drug-likeness (QED) is 0.368. The molecule has 3 rings (SSSR count). The second-order valence-electron chi connectivity index (χ2n) is 7.20. The lowest BCUT2D eigenvalue weighted by atomic mass is 10.1. The first kappa shape index (κ1) is 23.2. The fourth-order valence-corrected chi connectivity index (χ4v) is 3.73. The number of ether oxygens (including phenoxy) is 3. The van der Waals surface area contributed by atoms with E-state index in [0.29, 0.717) is 0 Å². The van der Waals surface area contributed by atoms with Crippen LogP contribution in [0.15, 0.2) is 23.2 Å². The second kappa shape index (κ2) is 11.8. The number of nitrogens with zero attached hydrogens (tertiary/aromatic N) is 2. The number of hydrogen-bond acceptors (Lipinski definition) is 4. The van der Waals surface area contributed by atoms with Crippen molar-refractivity contribution in [3.8, 4) is 5.75 Å². The van der Waals surface area contributed by atoms with Gasteiger partial charge in [-0.1, -0.05) is 12.1 Å². The van der Waals surface area contributed by atoms with Crippen LogP contribution in [0.5, 0.6) is 5.75 Å². The monoisotopic (exact) mass is 503 g/mol. The van der Waals surface area contributed by atoms with Crippen molar-refractivity contribution in [2.45, 2.75) is 45.3 Å². The largest absolute Gasteiger partial charge is 0.496 e. The number of nitrogens with one attached hydrogen (secondary N) is 1. The molecule has 2 unspecified atom stereocenters. The highest BCUT2D eigenvalue weighted by molar-refractivity contribution is 14.0. The van der Waals surface area contributed by atoms with Crippen LogP contribution in [0.4, 0.5) is 0 Å². The Hall–Kier alpha value is -1.06. The molecule has 1 aromatic rings. The minimum absolute atomic E-state index is 0.